The summed E-state index contributed by atoms with van der Waals surface area (Å²) in [6.07, 6.45) is 0. The molecule has 2 heteroatoms. The molecule has 0 saturated heterocycles. The van der Waals surface area contributed by atoms with Crippen LogP contribution in [-0.2, 0) is 0 Å². The zero-order valence-electron chi connectivity index (χ0n) is 56.8. The quantitative estimate of drug-likeness (QED) is 0.146. The third kappa shape index (κ3) is 10.7. The minimum Gasteiger partial charge on any atom is -0.135 e. The van der Waals surface area contributed by atoms with Crippen LogP contribution in [0.4, 0.5) is 0 Å². The second kappa shape index (κ2) is 25.7. The molecule has 0 aliphatic heterocycles. The fourth-order valence-electron chi connectivity index (χ4n) is 16.3. The van der Waals surface area contributed by atoms with E-state index in [0.717, 1.165) is 0 Å². The highest BCUT2D eigenvalue weighted by Crippen LogP contribution is 2.46. The lowest BCUT2D eigenvalue weighted by Crippen LogP contribution is -1.86. The first-order chi connectivity index (χ1) is 51.5. The summed E-state index contributed by atoms with van der Waals surface area (Å²) in [7, 11) is 0. The predicted molar refractivity (Wildman–Crippen MR) is 455 cm³/mol. The number of hydrogen-bond donors (Lipinski definition) is 0. The van der Waals surface area contributed by atoms with Crippen molar-refractivity contribution >= 4 is 160 Å². The molecule has 0 aliphatic rings. The summed E-state index contributed by atoms with van der Waals surface area (Å²) in [4.78, 5) is 0. The van der Waals surface area contributed by atoms with Gasteiger partial charge in [-0.15, -0.1) is 22.7 Å². The Labute approximate surface area is 610 Å². The van der Waals surface area contributed by atoms with Gasteiger partial charge in [-0.3, -0.25) is 0 Å². The minimum absolute atomic E-state index is 1.23. The van der Waals surface area contributed by atoms with Crippen LogP contribution in [0.15, 0.2) is 388 Å². The highest BCUT2D eigenvalue weighted by molar-refractivity contribution is 7.26. The standard InChI is InChI=1S/C40H26.C32H20S.C30H18S/c1-2-9-28-22-31(17-16-27(28)8-1)33-21-20-32-23-30(18-19-34(32)24-33)29-11-7-12-35(25-29)40-26-36-10-3-4-13-37(36)38-14-5-6-15-39(38)40;1-2-12-24-23(9-1)20-30(27-14-4-3-13-26(24)27)22-11-7-10-21(19-22)25-16-8-17-29-28-15-5-6-18-31(28)33-32(25)29;1-2-10-23-21(8-1)22-9-3-4-11-24(22)28-18-19(16-17-25(23)28)20-13-7-14-27-26-12-5-6-15-29(26)31-30(20)27/h1-26H;1-20H;1-18H. The molecule has 20 aromatic carbocycles. The van der Waals surface area contributed by atoms with Crippen LogP contribution in [-0.4, -0.2) is 0 Å². The van der Waals surface area contributed by atoms with Crippen LogP contribution < -0.4 is 0 Å². The van der Waals surface area contributed by atoms with Crippen molar-refractivity contribution in [3.8, 4) is 66.8 Å². The van der Waals surface area contributed by atoms with Gasteiger partial charge in [-0.05, 0) is 224 Å². The molecule has 0 amide bonds. The van der Waals surface area contributed by atoms with E-state index >= 15 is 0 Å². The Bertz CT molecular complexity index is 7150. The number of rotatable bonds is 6. The Balaban J connectivity index is 0.000000105. The maximum atomic E-state index is 2.39. The molecule has 22 rings (SSSR count). The van der Waals surface area contributed by atoms with Gasteiger partial charge in [0, 0.05) is 40.3 Å². The van der Waals surface area contributed by atoms with E-state index in [1.54, 1.807) is 0 Å². The fourth-order valence-corrected chi connectivity index (χ4v) is 18.8. The molecule has 0 unspecified atom stereocenters. The highest BCUT2D eigenvalue weighted by atomic mass is 32.1. The van der Waals surface area contributed by atoms with E-state index in [1.165, 1.54) is 204 Å². The molecule has 0 spiro atoms. The Kier molecular flexibility index (Phi) is 15.1. The third-order valence-electron chi connectivity index (χ3n) is 21.3. The summed E-state index contributed by atoms with van der Waals surface area (Å²) in [6.45, 7) is 0. The molecule has 0 nitrogen and oxygen atoms in total. The Morgan fingerprint density at radius 3 is 0.894 bits per heavy atom. The van der Waals surface area contributed by atoms with Crippen molar-refractivity contribution in [2.75, 3.05) is 0 Å². The first kappa shape index (κ1) is 61.1. The molecule has 0 atom stereocenters. The first-order valence-corrected chi connectivity index (χ1v) is 37.4. The molecular formula is C102H64S2. The molecule has 0 fully saturated rings. The number of benzene rings is 20. The summed E-state index contributed by atoms with van der Waals surface area (Å²) < 4.78 is 5.42. The molecule has 0 saturated carbocycles. The molecule has 2 heterocycles. The van der Waals surface area contributed by atoms with Crippen molar-refractivity contribution in [2.24, 2.45) is 0 Å². The maximum Gasteiger partial charge on any atom is 0.0433 e. The summed E-state index contributed by atoms with van der Waals surface area (Å²) >= 11 is 3.78. The molecule has 0 bridgehead atoms. The van der Waals surface area contributed by atoms with Crippen LogP contribution in [0.3, 0.4) is 0 Å². The summed E-state index contributed by atoms with van der Waals surface area (Å²) in [5.74, 6) is 0. The average Bonchev–Trinajstić information content (AvgIpc) is 1.54. The summed E-state index contributed by atoms with van der Waals surface area (Å²) in [5.41, 5.74) is 15.2. The van der Waals surface area contributed by atoms with Crippen molar-refractivity contribution in [3.63, 3.8) is 0 Å². The van der Waals surface area contributed by atoms with Crippen LogP contribution >= 0.6 is 22.7 Å². The van der Waals surface area contributed by atoms with Gasteiger partial charge in [0.05, 0.1) is 0 Å². The molecule has 2 aromatic heterocycles. The van der Waals surface area contributed by atoms with E-state index in [9.17, 15) is 0 Å². The topological polar surface area (TPSA) is 0 Å². The average molecular weight is 1350 g/mol. The van der Waals surface area contributed by atoms with E-state index in [-0.39, 0.29) is 0 Å². The molecule has 22 aromatic rings. The predicted octanol–water partition coefficient (Wildman–Crippen LogP) is 30.2. The summed E-state index contributed by atoms with van der Waals surface area (Å²) in [5, 5.41) is 28.7. The monoisotopic (exact) mass is 1350 g/mol. The Hall–Kier alpha value is -12.8. The van der Waals surface area contributed by atoms with E-state index < -0.39 is 0 Å². The van der Waals surface area contributed by atoms with Gasteiger partial charge < -0.3 is 0 Å². The highest BCUT2D eigenvalue weighted by Gasteiger charge is 2.17. The van der Waals surface area contributed by atoms with Gasteiger partial charge in [-0.1, -0.05) is 328 Å². The van der Waals surface area contributed by atoms with Crippen LogP contribution in [0.5, 0.6) is 0 Å². The SMILES string of the molecule is c1cc(-c2cc3ccccc3c3ccccc23)cc(-c2cccc3c2sc2ccccc23)c1.c1cc(-c2ccc3cc(-c4ccc5ccccc5c4)ccc3c2)cc(-c2cc3ccccc3c3ccccc23)c1.c1ccc2c(c1)sc1c(-c3ccc4c5ccccc5c5ccccc5c4c3)cccc12. The zero-order chi connectivity index (χ0) is 68.6. The summed E-state index contributed by atoms with van der Waals surface area (Å²) in [6, 6.07) is 142. The molecule has 104 heavy (non-hydrogen) atoms. The van der Waals surface area contributed by atoms with Crippen LogP contribution in [0.1, 0.15) is 0 Å². The van der Waals surface area contributed by atoms with Gasteiger partial charge in [-0.25, -0.2) is 0 Å². The van der Waals surface area contributed by atoms with Crippen molar-refractivity contribution < 1.29 is 0 Å². The van der Waals surface area contributed by atoms with Crippen molar-refractivity contribution in [1.29, 1.82) is 0 Å². The van der Waals surface area contributed by atoms with E-state index in [2.05, 4.69) is 388 Å². The minimum atomic E-state index is 1.23. The van der Waals surface area contributed by atoms with E-state index in [1.807, 2.05) is 22.7 Å². The number of thiophene rings is 2. The van der Waals surface area contributed by atoms with Gasteiger partial charge in [0.15, 0.2) is 0 Å². The van der Waals surface area contributed by atoms with Crippen LogP contribution in [0, 0.1) is 0 Å². The Morgan fingerprint density at radius 2 is 0.413 bits per heavy atom. The van der Waals surface area contributed by atoms with Gasteiger partial charge in [0.1, 0.15) is 0 Å². The maximum absolute atomic E-state index is 2.39. The third-order valence-corrected chi connectivity index (χ3v) is 23.8. The second-order valence-electron chi connectivity index (χ2n) is 27.3. The van der Waals surface area contributed by atoms with Gasteiger partial charge in [0.25, 0.3) is 0 Å². The Morgan fingerprint density at radius 1 is 0.125 bits per heavy atom. The normalized spacial score (nSPS) is 11.7. The lowest BCUT2D eigenvalue weighted by molar-refractivity contribution is 1.62. The largest absolute Gasteiger partial charge is 0.135 e. The van der Waals surface area contributed by atoms with E-state index in [4.69, 9.17) is 0 Å². The van der Waals surface area contributed by atoms with Crippen LogP contribution in [0.2, 0.25) is 0 Å². The first-order valence-electron chi connectivity index (χ1n) is 35.8. The van der Waals surface area contributed by atoms with Crippen LogP contribution in [0.25, 0.3) is 204 Å². The molecule has 484 valence electrons. The molecule has 0 N–H and O–H groups in total. The second-order valence-corrected chi connectivity index (χ2v) is 29.4. The fraction of sp³-hybridized carbons (Fsp3) is 0. The van der Waals surface area contributed by atoms with Crippen molar-refractivity contribution in [3.05, 3.63) is 388 Å². The van der Waals surface area contributed by atoms with Gasteiger partial charge >= 0.3 is 0 Å². The van der Waals surface area contributed by atoms with Crippen molar-refractivity contribution in [1.82, 2.24) is 0 Å². The molecular weight excluding hydrogens is 1290 g/mol. The molecule has 0 radical (unpaired) electrons. The molecule has 0 aliphatic carbocycles. The number of fused-ring (bicyclic) bond motifs is 20. The lowest BCUT2D eigenvalue weighted by Gasteiger charge is -2.13. The number of hydrogen-bond acceptors (Lipinski definition) is 2. The smallest absolute Gasteiger partial charge is 0.0433 e. The van der Waals surface area contributed by atoms with Crippen molar-refractivity contribution in [2.45, 2.75) is 0 Å². The van der Waals surface area contributed by atoms with Gasteiger partial charge in [0.2, 0.25) is 0 Å². The van der Waals surface area contributed by atoms with E-state index in [0.29, 0.717) is 0 Å². The van der Waals surface area contributed by atoms with Gasteiger partial charge in [-0.2, -0.15) is 0 Å². The lowest BCUT2D eigenvalue weighted by atomic mass is 9.91. The zero-order valence-corrected chi connectivity index (χ0v) is 58.4.